The number of halogens is 3. The van der Waals surface area contributed by atoms with Gasteiger partial charge in [0.1, 0.15) is 11.3 Å². The zero-order valence-electron chi connectivity index (χ0n) is 11.3. The molecule has 3 aromatic rings. The minimum absolute atomic E-state index is 0.508. The molecule has 3 nitrogen and oxygen atoms in total. The van der Waals surface area contributed by atoms with Crippen LogP contribution in [0.15, 0.2) is 34.9 Å². The van der Waals surface area contributed by atoms with Crippen molar-refractivity contribution >= 4 is 50.3 Å². The molecule has 1 aromatic carbocycles. The number of rotatable bonds is 3. The third-order valence-electron chi connectivity index (χ3n) is 3.29. The van der Waals surface area contributed by atoms with Gasteiger partial charge in [-0.05, 0) is 52.7 Å². The van der Waals surface area contributed by atoms with Crippen LogP contribution in [0.25, 0.3) is 16.9 Å². The summed E-state index contributed by atoms with van der Waals surface area (Å²) in [5, 5.41) is 0.679. The van der Waals surface area contributed by atoms with Crippen LogP contribution < -0.4 is 0 Å². The van der Waals surface area contributed by atoms with Crippen molar-refractivity contribution in [2.24, 2.45) is 0 Å². The Morgan fingerprint density at radius 2 is 2.10 bits per heavy atom. The lowest BCUT2D eigenvalue weighted by molar-refractivity contribution is 0.902. The van der Waals surface area contributed by atoms with Crippen molar-refractivity contribution in [1.82, 2.24) is 14.5 Å². The molecule has 0 bridgehead atoms. The molecule has 0 radical (unpaired) electrons. The highest BCUT2D eigenvalue weighted by atomic mass is 79.9. The van der Waals surface area contributed by atoms with E-state index in [-0.39, 0.29) is 0 Å². The van der Waals surface area contributed by atoms with Gasteiger partial charge in [0, 0.05) is 28.0 Å². The number of hydrogen-bond acceptors (Lipinski definition) is 2. The molecule has 2 aromatic heterocycles. The average Bonchev–Trinajstić information content (AvgIpc) is 2.79. The van der Waals surface area contributed by atoms with Crippen molar-refractivity contribution < 1.29 is 0 Å². The van der Waals surface area contributed by atoms with Crippen LogP contribution in [0.4, 0.5) is 0 Å². The second-order valence-electron chi connectivity index (χ2n) is 4.70. The van der Waals surface area contributed by atoms with Crippen LogP contribution in [-0.4, -0.2) is 20.4 Å². The summed E-state index contributed by atoms with van der Waals surface area (Å²) in [7, 11) is 0. The number of hydrogen-bond donors (Lipinski definition) is 0. The number of alkyl halides is 1. The quantitative estimate of drug-likeness (QED) is 0.599. The first-order valence-corrected chi connectivity index (χ1v) is 8.16. The molecule has 0 aliphatic rings. The molecule has 6 heteroatoms. The molecule has 0 aliphatic heterocycles. The molecule has 0 amide bonds. The van der Waals surface area contributed by atoms with Crippen LogP contribution >= 0.6 is 39.1 Å². The maximum atomic E-state index is 6.03. The van der Waals surface area contributed by atoms with E-state index >= 15 is 0 Å². The largest absolute Gasteiger partial charge is 0.280 e. The molecule has 108 valence electrons. The zero-order valence-corrected chi connectivity index (χ0v) is 14.4. The number of aromatic nitrogens is 3. The van der Waals surface area contributed by atoms with Gasteiger partial charge in [0.05, 0.1) is 5.69 Å². The van der Waals surface area contributed by atoms with E-state index in [1.54, 1.807) is 6.20 Å². The van der Waals surface area contributed by atoms with Crippen LogP contribution in [0, 0.1) is 6.92 Å². The SMILES string of the molecule is Cc1ccnc2c1nc(CCCl)n2-c1ccc(Cl)cc1Br. The monoisotopic (exact) mass is 383 g/mol. The number of imidazole rings is 1. The lowest BCUT2D eigenvalue weighted by Crippen LogP contribution is -2.03. The fourth-order valence-corrected chi connectivity index (χ4v) is 3.34. The number of nitrogens with zero attached hydrogens (tertiary/aromatic N) is 3. The fraction of sp³-hybridized carbons (Fsp3) is 0.200. The summed E-state index contributed by atoms with van der Waals surface area (Å²) in [6.45, 7) is 2.03. The Kier molecular flexibility index (Phi) is 4.20. The van der Waals surface area contributed by atoms with Crippen molar-refractivity contribution in [3.63, 3.8) is 0 Å². The number of aryl methyl sites for hydroxylation is 2. The predicted octanol–water partition coefficient (Wildman–Crippen LogP) is 4.93. The highest BCUT2D eigenvalue weighted by Gasteiger charge is 2.16. The Balaban J connectivity index is 2.33. The predicted molar refractivity (Wildman–Crippen MR) is 90.7 cm³/mol. The van der Waals surface area contributed by atoms with E-state index in [1.165, 1.54) is 0 Å². The van der Waals surface area contributed by atoms with E-state index in [0.29, 0.717) is 17.3 Å². The molecule has 2 heterocycles. The molecular weight excluding hydrogens is 373 g/mol. The Morgan fingerprint density at radius 3 is 2.81 bits per heavy atom. The van der Waals surface area contributed by atoms with Crippen LogP contribution in [0.2, 0.25) is 5.02 Å². The first kappa shape index (κ1) is 14.8. The van der Waals surface area contributed by atoms with E-state index in [0.717, 1.165) is 32.7 Å². The second kappa shape index (κ2) is 5.95. The lowest BCUT2D eigenvalue weighted by atomic mass is 10.2. The van der Waals surface area contributed by atoms with Crippen molar-refractivity contribution in [2.75, 3.05) is 5.88 Å². The summed E-state index contributed by atoms with van der Waals surface area (Å²) in [6.07, 6.45) is 2.47. The van der Waals surface area contributed by atoms with E-state index in [9.17, 15) is 0 Å². The average molecular weight is 385 g/mol. The highest BCUT2D eigenvalue weighted by molar-refractivity contribution is 9.10. The van der Waals surface area contributed by atoms with Gasteiger partial charge in [-0.15, -0.1) is 11.6 Å². The minimum atomic E-state index is 0.508. The van der Waals surface area contributed by atoms with Crippen molar-refractivity contribution in [2.45, 2.75) is 13.3 Å². The lowest BCUT2D eigenvalue weighted by Gasteiger charge is -2.10. The van der Waals surface area contributed by atoms with Gasteiger partial charge in [-0.25, -0.2) is 9.97 Å². The van der Waals surface area contributed by atoms with Gasteiger partial charge in [0.15, 0.2) is 5.65 Å². The molecule has 3 rings (SSSR count). The van der Waals surface area contributed by atoms with Crippen molar-refractivity contribution in [3.8, 4) is 5.69 Å². The Morgan fingerprint density at radius 1 is 1.29 bits per heavy atom. The van der Waals surface area contributed by atoms with Crippen molar-refractivity contribution in [1.29, 1.82) is 0 Å². The summed E-state index contributed by atoms with van der Waals surface area (Å²) < 4.78 is 2.93. The standard InChI is InChI=1S/C15H12BrCl2N3/c1-9-5-7-19-15-14(9)20-13(4-6-17)21(15)12-3-2-10(18)8-11(12)16/h2-3,5,7-8H,4,6H2,1H3. The Labute approximate surface area is 141 Å². The van der Waals surface area contributed by atoms with Crippen LogP contribution in [0.1, 0.15) is 11.4 Å². The minimum Gasteiger partial charge on any atom is -0.280 e. The van der Waals surface area contributed by atoms with Crippen LogP contribution in [0.5, 0.6) is 0 Å². The molecule has 21 heavy (non-hydrogen) atoms. The molecule has 0 atom stereocenters. The van der Waals surface area contributed by atoms with Crippen LogP contribution in [-0.2, 0) is 6.42 Å². The topological polar surface area (TPSA) is 30.7 Å². The summed E-state index contributed by atoms with van der Waals surface area (Å²) in [5.74, 6) is 1.40. The smallest absolute Gasteiger partial charge is 0.164 e. The molecule has 0 saturated heterocycles. The fourth-order valence-electron chi connectivity index (χ4n) is 2.31. The number of pyridine rings is 1. The maximum Gasteiger partial charge on any atom is 0.164 e. The molecule has 0 N–H and O–H groups in total. The zero-order chi connectivity index (χ0) is 15.0. The van der Waals surface area contributed by atoms with E-state index < -0.39 is 0 Å². The third-order valence-corrected chi connectivity index (χ3v) is 4.35. The molecule has 0 aliphatic carbocycles. The summed E-state index contributed by atoms with van der Waals surface area (Å²) in [4.78, 5) is 9.19. The van der Waals surface area contributed by atoms with Gasteiger partial charge in [0.25, 0.3) is 0 Å². The van der Waals surface area contributed by atoms with Gasteiger partial charge in [0.2, 0.25) is 0 Å². The van der Waals surface area contributed by atoms with E-state index in [2.05, 4.69) is 20.9 Å². The van der Waals surface area contributed by atoms with Gasteiger partial charge in [-0.1, -0.05) is 11.6 Å². The summed E-state index contributed by atoms with van der Waals surface area (Å²) >= 11 is 15.5. The highest BCUT2D eigenvalue weighted by Crippen LogP contribution is 2.29. The van der Waals surface area contributed by atoms with Gasteiger partial charge < -0.3 is 0 Å². The molecule has 0 fully saturated rings. The number of fused-ring (bicyclic) bond motifs is 1. The second-order valence-corrected chi connectivity index (χ2v) is 6.37. The summed E-state index contributed by atoms with van der Waals surface area (Å²) in [5.41, 5.74) is 3.79. The first-order chi connectivity index (χ1) is 10.1. The third kappa shape index (κ3) is 2.68. The van der Waals surface area contributed by atoms with Crippen molar-refractivity contribution in [3.05, 3.63) is 51.3 Å². The first-order valence-electron chi connectivity index (χ1n) is 6.46. The summed E-state index contributed by atoms with van der Waals surface area (Å²) in [6, 6.07) is 7.63. The molecule has 0 unspecified atom stereocenters. The van der Waals surface area contributed by atoms with E-state index in [4.69, 9.17) is 28.2 Å². The molecular formula is C15H12BrCl2N3. The van der Waals surface area contributed by atoms with E-state index in [1.807, 2.05) is 35.8 Å². The van der Waals surface area contributed by atoms with Crippen LogP contribution in [0.3, 0.4) is 0 Å². The Bertz CT molecular complexity index is 814. The normalized spacial score (nSPS) is 11.2. The maximum absolute atomic E-state index is 6.03. The molecule has 0 saturated carbocycles. The Hall–Kier alpha value is -1.10. The number of benzene rings is 1. The van der Waals surface area contributed by atoms with Gasteiger partial charge >= 0.3 is 0 Å². The van der Waals surface area contributed by atoms with Gasteiger partial charge in [-0.2, -0.15) is 0 Å². The molecule has 0 spiro atoms. The van der Waals surface area contributed by atoms with Gasteiger partial charge in [-0.3, -0.25) is 4.57 Å².